The predicted octanol–water partition coefficient (Wildman–Crippen LogP) is 3.75. The molecule has 1 amide bonds. The minimum absolute atomic E-state index is 0.121. The van der Waals surface area contributed by atoms with Crippen molar-refractivity contribution in [3.8, 4) is 11.1 Å². The SMILES string of the molecule is O=C(N[C@H](Cc1ccccc1F)C(=O)O)C1c2ccccc2-c2ccccc21. The van der Waals surface area contributed by atoms with E-state index in [2.05, 4.69) is 5.32 Å². The van der Waals surface area contributed by atoms with Crippen molar-refractivity contribution in [2.24, 2.45) is 0 Å². The number of rotatable bonds is 5. The molecule has 0 unspecified atom stereocenters. The Bertz CT molecular complexity index is 1020. The lowest BCUT2D eigenvalue weighted by atomic mass is 9.95. The fraction of sp³-hybridized carbons (Fsp3) is 0.130. The molecule has 0 radical (unpaired) electrons. The summed E-state index contributed by atoms with van der Waals surface area (Å²) in [6.07, 6.45) is -0.121. The van der Waals surface area contributed by atoms with Crippen molar-refractivity contribution in [3.63, 3.8) is 0 Å². The van der Waals surface area contributed by atoms with Crippen molar-refractivity contribution in [1.82, 2.24) is 5.32 Å². The third-order valence-electron chi connectivity index (χ3n) is 5.09. The van der Waals surface area contributed by atoms with Crippen molar-refractivity contribution in [2.75, 3.05) is 0 Å². The summed E-state index contributed by atoms with van der Waals surface area (Å²) in [6, 6.07) is 20.0. The molecule has 4 nitrogen and oxygen atoms in total. The molecule has 0 heterocycles. The van der Waals surface area contributed by atoms with Gasteiger partial charge in [0.1, 0.15) is 11.9 Å². The normalized spacial score (nSPS) is 13.5. The van der Waals surface area contributed by atoms with Gasteiger partial charge in [-0.05, 0) is 33.9 Å². The Hall–Kier alpha value is -3.47. The topological polar surface area (TPSA) is 66.4 Å². The van der Waals surface area contributed by atoms with Gasteiger partial charge in [-0.1, -0.05) is 66.7 Å². The lowest BCUT2D eigenvalue weighted by Crippen LogP contribution is -2.44. The number of carboxylic acids is 1. The van der Waals surface area contributed by atoms with Crippen LogP contribution in [0.15, 0.2) is 72.8 Å². The standard InChI is InChI=1S/C23H18FNO3/c24-19-12-6-1-7-14(19)13-20(23(27)28)25-22(26)21-17-10-4-2-8-15(17)16-9-3-5-11-18(16)21/h1-12,20-21H,13H2,(H,25,26)(H,27,28)/t20-/m1/s1. The van der Waals surface area contributed by atoms with Crippen molar-refractivity contribution < 1.29 is 19.1 Å². The zero-order chi connectivity index (χ0) is 19.7. The summed E-state index contributed by atoms with van der Waals surface area (Å²) >= 11 is 0. The van der Waals surface area contributed by atoms with E-state index in [1.807, 2.05) is 48.5 Å². The Morgan fingerprint density at radius 3 is 2.00 bits per heavy atom. The molecule has 0 bridgehead atoms. The molecule has 0 saturated carbocycles. The van der Waals surface area contributed by atoms with Crippen LogP contribution in [-0.2, 0) is 16.0 Å². The molecule has 0 spiro atoms. The van der Waals surface area contributed by atoms with Gasteiger partial charge in [0, 0.05) is 6.42 Å². The number of halogens is 1. The molecule has 28 heavy (non-hydrogen) atoms. The van der Waals surface area contributed by atoms with Gasteiger partial charge in [0.2, 0.25) is 5.91 Å². The number of carbonyl (C=O) groups is 2. The molecule has 1 aliphatic rings. The number of benzene rings is 3. The number of carbonyl (C=O) groups excluding carboxylic acids is 1. The summed E-state index contributed by atoms with van der Waals surface area (Å²) in [7, 11) is 0. The van der Waals surface area contributed by atoms with Gasteiger partial charge in [0.15, 0.2) is 0 Å². The number of hydrogen-bond acceptors (Lipinski definition) is 2. The second-order valence-corrected chi connectivity index (χ2v) is 6.80. The fourth-order valence-corrected chi connectivity index (χ4v) is 3.78. The van der Waals surface area contributed by atoms with Crippen LogP contribution in [0.5, 0.6) is 0 Å². The van der Waals surface area contributed by atoms with E-state index in [4.69, 9.17) is 0 Å². The first kappa shape index (κ1) is 17.9. The van der Waals surface area contributed by atoms with E-state index in [0.717, 1.165) is 22.3 Å². The number of carboxylic acid groups (broad SMARTS) is 1. The number of amides is 1. The average molecular weight is 375 g/mol. The molecule has 2 N–H and O–H groups in total. The minimum atomic E-state index is -1.22. The molecule has 1 atom stereocenters. The van der Waals surface area contributed by atoms with Crippen molar-refractivity contribution in [2.45, 2.75) is 18.4 Å². The Balaban J connectivity index is 1.63. The van der Waals surface area contributed by atoms with E-state index in [9.17, 15) is 19.1 Å². The third kappa shape index (κ3) is 3.16. The number of hydrogen-bond donors (Lipinski definition) is 2. The average Bonchev–Trinajstić information content (AvgIpc) is 3.03. The van der Waals surface area contributed by atoms with Crippen LogP contribution in [0.2, 0.25) is 0 Å². The predicted molar refractivity (Wildman–Crippen MR) is 103 cm³/mol. The number of nitrogens with one attached hydrogen (secondary N) is 1. The molecule has 5 heteroatoms. The highest BCUT2D eigenvalue weighted by Crippen LogP contribution is 2.44. The van der Waals surface area contributed by atoms with Crippen LogP contribution in [0.25, 0.3) is 11.1 Å². The highest BCUT2D eigenvalue weighted by molar-refractivity contribution is 5.97. The summed E-state index contributed by atoms with van der Waals surface area (Å²) in [5.74, 6) is -2.67. The summed E-state index contributed by atoms with van der Waals surface area (Å²) in [4.78, 5) is 24.8. The second kappa shape index (κ2) is 7.27. The summed E-state index contributed by atoms with van der Waals surface area (Å²) in [6.45, 7) is 0. The maximum atomic E-state index is 13.9. The van der Waals surface area contributed by atoms with Gasteiger partial charge < -0.3 is 10.4 Å². The van der Waals surface area contributed by atoms with E-state index >= 15 is 0 Å². The first-order chi connectivity index (χ1) is 13.6. The Labute approximate surface area is 161 Å². The smallest absolute Gasteiger partial charge is 0.326 e. The van der Waals surface area contributed by atoms with Crippen LogP contribution in [0.3, 0.4) is 0 Å². The van der Waals surface area contributed by atoms with Crippen LogP contribution in [0.1, 0.15) is 22.6 Å². The maximum Gasteiger partial charge on any atom is 0.326 e. The van der Waals surface area contributed by atoms with Gasteiger partial charge in [-0.25, -0.2) is 9.18 Å². The van der Waals surface area contributed by atoms with Gasteiger partial charge >= 0.3 is 5.97 Å². The molecule has 1 aliphatic carbocycles. The molecule has 0 aliphatic heterocycles. The molecule has 3 aromatic rings. The molecule has 0 saturated heterocycles. The lowest BCUT2D eigenvalue weighted by Gasteiger charge is -2.19. The molecule has 3 aromatic carbocycles. The quantitative estimate of drug-likeness (QED) is 0.714. The van der Waals surface area contributed by atoms with E-state index in [1.54, 1.807) is 12.1 Å². The highest BCUT2D eigenvalue weighted by atomic mass is 19.1. The molecule has 0 fully saturated rings. The molecular formula is C23H18FNO3. The summed E-state index contributed by atoms with van der Waals surface area (Å²) in [5, 5.41) is 12.2. The van der Waals surface area contributed by atoms with Crippen molar-refractivity contribution >= 4 is 11.9 Å². The van der Waals surface area contributed by atoms with Crippen LogP contribution >= 0.6 is 0 Å². The van der Waals surface area contributed by atoms with E-state index in [0.29, 0.717) is 0 Å². The Kier molecular flexibility index (Phi) is 4.65. The number of fused-ring (bicyclic) bond motifs is 3. The van der Waals surface area contributed by atoms with Crippen molar-refractivity contribution in [1.29, 1.82) is 0 Å². The fourth-order valence-electron chi connectivity index (χ4n) is 3.78. The van der Waals surface area contributed by atoms with E-state index < -0.39 is 29.7 Å². The van der Waals surface area contributed by atoms with Crippen LogP contribution in [0.4, 0.5) is 4.39 Å². The van der Waals surface area contributed by atoms with Gasteiger partial charge in [-0.3, -0.25) is 4.79 Å². The number of aliphatic carboxylic acids is 1. The maximum absolute atomic E-state index is 13.9. The largest absolute Gasteiger partial charge is 0.480 e. The van der Waals surface area contributed by atoms with Gasteiger partial charge in [0.25, 0.3) is 0 Å². The Morgan fingerprint density at radius 2 is 1.43 bits per heavy atom. The van der Waals surface area contributed by atoms with Crippen LogP contribution < -0.4 is 5.32 Å². The zero-order valence-corrected chi connectivity index (χ0v) is 14.9. The second-order valence-electron chi connectivity index (χ2n) is 6.80. The van der Waals surface area contributed by atoms with Crippen molar-refractivity contribution in [3.05, 3.63) is 95.3 Å². The van der Waals surface area contributed by atoms with Crippen LogP contribution in [0, 0.1) is 5.82 Å². The zero-order valence-electron chi connectivity index (χ0n) is 14.9. The van der Waals surface area contributed by atoms with E-state index in [1.165, 1.54) is 12.1 Å². The lowest BCUT2D eigenvalue weighted by molar-refractivity contribution is -0.141. The minimum Gasteiger partial charge on any atom is -0.480 e. The Morgan fingerprint density at radius 1 is 0.893 bits per heavy atom. The molecule has 4 rings (SSSR count). The van der Waals surface area contributed by atoms with Gasteiger partial charge in [0.05, 0.1) is 5.92 Å². The third-order valence-corrected chi connectivity index (χ3v) is 5.09. The summed E-state index contributed by atoms with van der Waals surface area (Å²) in [5.41, 5.74) is 3.88. The van der Waals surface area contributed by atoms with Gasteiger partial charge in [-0.2, -0.15) is 0 Å². The highest BCUT2D eigenvalue weighted by Gasteiger charge is 2.35. The van der Waals surface area contributed by atoms with Crippen LogP contribution in [-0.4, -0.2) is 23.0 Å². The summed E-state index contributed by atoms with van der Waals surface area (Å²) < 4.78 is 13.9. The molecule has 140 valence electrons. The monoisotopic (exact) mass is 375 g/mol. The van der Waals surface area contributed by atoms with Gasteiger partial charge in [-0.15, -0.1) is 0 Å². The van der Waals surface area contributed by atoms with E-state index in [-0.39, 0.29) is 12.0 Å². The first-order valence-corrected chi connectivity index (χ1v) is 9.01. The first-order valence-electron chi connectivity index (χ1n) is 9.01. The molecular weight excluding hydrogens is 357 g/mol. The molecule has 0 aromatic heterocycles.